The minimum atomic E-state index is -0.0266. The summed E-state index contributed by atoms with van der Waals surface area (Å²) in [5.41, 5.74) is 2.58. The first-order valence-corrected chi connectivity index (χ1v) is 6.18. The second-order valence-corrected chi connectivity index (χ2v) is 5.57. The SMILES string of the molecule is CC(=O)NCC(C)(C)c1ccc(C(C)C)cc1. The van der Waals surface area contributed by atoms with Crippen molar-refractivity contribution in [1.29, 1.82) is 0 Å². The van der Waals surface area contributed by atoms with E-state index < -0.39 is 0 Å². The number of rotatable bonds is 4. The summed E-state index contributed by atoms with van der Waals surface area (Å²) in [5.74, 6) is 0.583. The molecule has 0 fully saturated rings. The van der Waals surface area contributed by atoms with Crippen LogP contribution < -0.4 is 5.32 Å². The third-order valence-corrected chi connectivity index (χ3v) is 3.14. The summed E-state index contributed by atoms with van der Waals surface area (Å²) in [6.45, 7) is 10.9. The Kier molecular flexibility index (Phi) is 4.33. The van der Waals surface area contributed by atoms with Crippen LogP contribution in [0.2, 0.25) is 0 Å². The summed E-state index contributed by atoms with van der Waals surface area (Å²) in [4.78, 5) is 11.0. The van der Waals surface area contributed by atoms with Crippen LogP contribution in [0, 0.1) is 0 Å². The van der Waals surface area contributed by atoms with E-state index in [4.69, 9.17) is 0 Å². The first-order chi connectivity index (χ1) is 7.83. The van der Waals surface area contributed by atoms with Gasteiger partial charge in [-0.15, -0.1) is 0 Å². The van der Waals surface area contributed by atoms with Gasteiger partial charge in [-0.2, -0.15) is 0 Å². The smallest absolute Gasteiger partial charge is 0.216 e. The Morgan fingerprint density at radius 2 is 1.76 bits per heavy atom. The lowest BCUT2D eigenvalue weighted by Gasteiger charge is -2.25. The zero-order chi connectivity index (χ0) is 13.1. The van der Waals surface area contributed by atoms with Crippen molar-refractivity contribution < 1.29 is 4.79 Å². The lowest BCUT2D eigenvalue weighted by atomic mass is 9.83. The van der Waals surface area contributed by atoms with E-state index >= 15 is 0 Å². The van der Waals surface area contributed by atoms with Crippen LogP contribution in [0.15, 0.2) is 24.3 Å². The Labute approximate surface area is 104 Å². The number of carbonyl (C=O) groups excluding carboxylic acids is 1. The summed E-state index contributed by atoms with van der Waals surface area (Å²) < 4.78 is 0. The first kappa shape index (κ1) is 13.8. The van der Waals surface area contributed by atoms with Crippen molar-refractivity contribution in [2.75, 3.05) is 6.54 Å². The fourth-order valence-electron chi connectivity index (χ4n) is 1.77. The zero-order valence-electron chi connectivity index (χ0n) is 11.5. The molecule has 0 saturated heterocycles. The van der Waals surface area contributed by atoms with E-state index in [1.165, 1.54) is 11.1 Å². The highest BCUT2D eigenvalue weighted by atomic mass is 16.1. The minimum Gasteiger partial charge on any atom is -0.355 e. The lowest BCUT2D eigenvalue weighted by Crippen LogP contribution is -2.35. The van der Waals surface area contributed by atoms with Gasteiger partial charge in [0.25, 0.3) is 0 Å². The molecule has 0 atom stereocenters. The van der Waals surface area contributed by atoms with E-state index in [1.54, 1.807) is 6.92 Å². The predicted molar refractivity (Wildman–Crippen MR) is 72.2 cm³/mol. The van der Waals surface area contributed by atoms with Crippen LogP contribution in [0.1, 0.15) is 51.7 Å². The Morgan fingerprint density at radius 3 is 2.18 bits per heavy atom. The molecular weight excluding hydrogens is 210 g/mol. The highest BCUT2D eigenvalue weighted by Crippen LogP contribution is 2.24. The molecule has 2 nitrogen and oxygen atoms in total. The molecule has 0 aliphatic carbocycles. The van der Waals surface area contributed by atoms with Crippen LogP contribution in [0.25, 0.3) is 0 Å². The third kappa shape index (κ3) is 3.88. The highest BCUT2D eigenvalue weighted by Gasteiger charge is 2.20. The molecule has 0 spiro atoms. The van der Waals surface area contributed by atoms with Crippen LogP contribution in [0.5, 0.6) is 0 Å². The Morgan fingerprint density at radius 1 is 1.24 bits per heavy atom. The van der Waals surface area contributed by atoms with Gasteiger partial charge < -0.3 is 5.32 Å². The number of amides is 1. The van der Waals surface area contributed by atoms with Gasteiger partial charge in [-0.25, -0.2) is 0 Å². The molecule has 1 amide bonds. The molecule has 1 aromatic carbocycles. The molecule has 1 N–H and O–H groups in total. The molecular formula is C15H23NO. The molecule has 0 heterocycles. The standard InChI is InChI=1S/C15H23NO/c1-11(2)13-6-8-14(9-7-13)15(4,5)10-16-12(3)17/h6-9,11H,10H2,1-5H3,(H,16,17). The van der Waals surface area contributed by atoms with Crippen molar-refractivity contribution in [3.63, 3.8) is 0 Å². The van der Waals surface area contributed by atoms with Gasteiger partial charge >= 0.3 is 0 Å². The Bertz CT molecular complexity index is 376. The highest BCUT2D eigenvalue weighted by molar-refractivity contribution is 5.72. The second kappa shape index (κ2) is 5.35. The summed E-state index contributed by atoms with van der Waals surface area (Å²) in [7, 11) is 0. The van der Waals surface area contributed by atoms with Crippen molar-refractivity contribution in [3.05, 3.63) is 35.4 Å². The summed E-state index contributed by atoms with van der Waals surface area (Å²) >= 11 is 0. The van der Waals surface area contributed by atoms with Gasteiger partial charge in [-0.1, -0.05) is 52.0 Å². The number of nitrogens with one attached hydrogen (secondary N) is 1. The molecule has 1 rings (SSSR count). The van der Waals surface area contributed by atoms with E-state index in [0.717, 1.165) is 0 Å². The van der Waals surface area contributed by atoms with E-state index in [0.29, 0.717) is 12.5 Å². The van der Waals surface area contributed by atoms with Crippen molar-refractivity contribution >= 4 is 5.91 Å². The molecule has 0 unspecified atom stereocenters. The van der Waals surface area contributed by atoms with Gasteiger partial charge in [0.15, 0.2) is 0 Å². The van der Waals surface area contributed by atoms with Crippen molar-refractivity contribution in [2.24, 2.45) is 0 Å². The van der Waals surface area contributed by atoms with Crippen molar-refractivity contribution in [1.82, 2.24) is 5.32 Å². The average Bonchev–Trinajstić information content (AvgIpc) is 2.27. The van der Waals surface area contributed by atoms with Crippen LogP contribution in [-0.4, -0.2) is 12.5 Å². The summed E-state index contributed by atoms with van der Waals surface area (Å²) in [6, 6.07) is 8.68. The number of hydrogen-bond acceptors (Lipinski definition) is 1. The third-order valence-electron chi connectivity index (χ3n) is 3.14. The molecule has 0 aliphatic rings. The quantitative estimate of drug-likeness (QED) is 0.850. The molecule has 0 saturated carbocycles. The van der Waals surface area contributed by atoms with E-state index in [2.05, 4.69) is 57.3 Å². The van der Waals surface area contributed by atoms with E-state index in [1.807, 2.05) is 0 Å². The summed E-state index contributed by atoms with van der Waals surface area (Å²) in [6.07, 6.45) is 0. The average molecular weight is 233 g/mol. The molecule has 17 heavy (non-hydrogen) atoms. The largest absolute Gasteiger partial charge is 0.355 e. The van der Waals surface area contributed by atoms with Gasteiger partial charge in [0.05, 0.1) is 0 Å². The van der Waals surface area contributed by atoms with Crippen molar-refractivity contribution in [2.45, 2.75) is 46.0 Å². The maximum absolute atomic E-state index is 11.0. The maximum atomic E-state index is 11.0. The summed E-state index contributed by atoms with van der Waals surface area (Å²) in [5, 5.41) is 2.88. The van der Waals surface area contributed by atoms with Gasteiger partial charge in [0.2, 0.25) is 5.91 Å². The van der Waals surface area contributed by atoms with Crippen LogP contribution in [-0.2, 0) is 10.2 Å². The molecule has 1 aromatic rings. The molecule has 0 radical (unpaired) electrons. The van der Waals surface area contributed by atoms with Crippen LogP contribution in [0.4, 0.5) is 0 Å². The van der Waals surface area contributed by atoms with Crippen LogP contribution in [0.3, 0.4) is 0 Å². The molecule has 0 aliphatic heterocycles. The molecule has 0 bridgehead atoms. The van der Waals surface area contributed by atoms with E-state index in [-0.39, 0.29) is 11.3 Å². The number of benzene rings is 1. The lowest BCUT2D eigenvalue weighted by molar-refractivity contribution is -0.119. The van der Waals surface area contributed by atoms with Crippen molar-refractivity contribution in [3.8, 4) is 0 Å². The predicted octanol–water partition coefficient (Wildman–Crippen LogP) is 3.22. The number of hydrogen-bond donors (Lipinski definition) is 1. The van der Waals surface area contributed by atoms with Crippen LogP contribution >= 0.6 is 0 Å². The molecule has 94 valence electrons. The van der Waals surface area contributed by atoms with Gasteiger partial charge in [0, 0.05) is 18.9 Å². The minimum absolute atomic E-state index is 0.0249. The fourth-order valence-corrected chi connectivity index (χ4v) is 1.77. The first-order valence-electron chi connectivity index (χ1n) is 6.18. The van der Waals surface area contributed by atoms with Gasteiger partial charge in [-0.05, 0) is 17.0 Å². The normalized spacial score (nSPS) is 11.6. The van der Waals surface area contributed by atoms with Gasteiger partial charge in [-0.3, -0.25) is 4.79 Å². The monoisotopic (exact) mass is 233 g/mol. The maximum Gasteiger partial charge on any atom is 0.216 e. The van der Waals surface area contributed by atoms with Gasteiger partial charge in [0.1, 0.15) is 0 Å². The van der Waals surface area contributed by atoms with E-state index in [9.17, 15) is 4.79 Å². The molecule has 2 heteroatoms. The number of carbonyl (C=O) groups is 1. The molecule has 0 aromatic heterocycles. The second-order valence-electron chi connectivity index (χ2n) is 5.57. The topological polar surface area (TPSA) is 29.1 Å². The zero-order valence-corrected chi connectivity index (χ0v) is 11.5. The fraction of sp³-hybridized carbons (Fsp3) is 0.533. The Balaban J connectivity index is 2.80. The Hall–Kier alpha value is -1.31.